The number of benzene rings is 2. The molecule has 7 nitrogen and oxygen atoms in total. The molecule has 1 amide bonds. The molecule has 0 aliphatic carbocycles. The van der Waals surface area contributed by atoms with Crippen molar-refractivity contribution < 1.29 is 22.7 Å². The second-order valence-electron chi connectivity index (χ2n) is 5.49. The number of rotatable bonds is 7. The van der Waals surface area contributed by atoms with Crippen LogP contribution in [0.2, 0.25) is 10.0 Å². The average molecular weight is 433 g/mol. The first kappa shape index (κ1) is 21.3. The number of nitrogens with one attached hydrogen (secondary N) is 1. The molecule has 0 fully saturated rings. The molecule has 0 aromatic heterocycles. The maximum atomic E-state index is 12.7. The highest BCUT2D eigenvalue weighted by Crippen LogP contribution is 2.28. The summed E-state index contributed by atoms with van der Waals surface area (Å²) in [6, 6.07) is 8.92. The van der Waals surface area contributed by atoms with Crippen molar-refractivity contribution in [1.82, 2.24) is 4.31 Å². The van der Waals surface area contributed by atoms with Crippen LogP contribution < -0.4 is 14.8 Å². The minimum atomic E-state index is -4.00. The molecular formula is C17H18Cl2N2O5S. The fraction of sp³-hybridized carbons (Fsp3) is 0.235. The Balaban J connectivity index is 2.16. The van der Waals surface area contributed by atoms with Crippen LogP contribution in [0.25, 0.3) is 0 Å². The van der Waals surface area contributed by atoms with E-state index in [1.54, 1.807) is 18.2 Å². The number of nitrogens with zero attached hydrogens (tertiary/aromatic N) is 1. The molecule has 0 bridgehead atoms. The van der Waals surface area contributed by atoms with Gasteiger partial charge in [-0.25, -0.2) is 8.42 Å². The summed E-state index contributed by atoms with van der Waals surface area (Å²) in [5.41, 5.74) is 0.405. The molecule has 0 aliphatic rings. The van der Waals surface area contributed by atoms with Crippen LogP contribution in [-0.2, 0) is 14.8 Å². The monoisotopic (exact) mass is 432 g/mol. The van der Waals surface area contributed by atoms with Crippen LogP contribution in [0.4, 0.5) is 5.69 Å². The molecule has 2 rings (SSSR count). The van der Waals surface area contributed by atoms with Crippen LogP contribution >= 0.6 is 23.2 Å². The van der Waals surface area contributed by atoms with E-state index in [1.807, 2.05) is 0 Å². The summed E-state index contributed by atoms with van der Waals surface area (Å²) in [5.74, 6) is 0.419. The van der Waals surface area contributed by atoms with Crippen LogP contribution in [0, 0.1) is 0 Å². The van der Waals surface area contributed by atoms with Gasteiger partial charge in [-0.05, 0) is 18.2 Å². The minimum Gasteiger partial charge on any atom is -0.497 e. The predicted octanol–water partition coefficient (Wildman–Crippen LogP) is 3.27. The third-order valence-electron chi connectivity index (χ3n) is 3.58. The molecule has 0 heterocycles. The molecule has 0 unspecified atom stereocenters. The lowest BCUT2D eigenvalue weighted by Crippen LogP contribution is -2.35. The Bertz CT molecular complexity index is 928. The first-order chi connectivity index (χ1) is 12.7. The number of hydrogen-bond donors (Lipinski definition) is 1. The van der Waals surface area contributed by atoms with E-state index in [1.165, 1.54) is 39.5 Å². The Morgan fingerprint density at radius 3 is 2.22 bits per heavy atom. The van der Waals surface area contributed by atoms with Crippen molar-refractivity contribution in [3.05, 3.63) is 46.4 Å². The number of halogens is 2. The molecule has 0 atom stereocenters. The van der Waals surface area contributed by atoms with Gasteiger partial charge in [0.2, 0.25) is 15.9 Å². The van der Waals surface area contributed by atoms with E-state index in [2.05, 4.69) is 5.32 Å². The Kier molecular flexibility index (Phi) is 6.94. The van der Waals surface area contributed by atoms with Gasteiger partial charge in [0, 0.05) is 36.0 Å². The summed E-state index contributed by atoms with van der Waals surface area (Å²) in [6.07, 6.45) is 0. The molecule has 0 spiro atoms. The van der Waals surface area contributed by atoms with Crippen LogP contribution in [-0.4, -0.2) is 46.4 Å². The van der Waals surface area contributed by atoms with E-state index in [-0.39, 0.29) is 14.9 Å². The lowest BCUT2D eigenvalue weighted by molar-refractivity contribution is -0.116. The summed E-state index contributed by atoms with van der Waals surface area (Å²) in [5, 5.41) is 2.85. The topological polar surface area (TPSA) is 84.9 Å². The molecule has 0 radical (unpaired) electrons. The first-order valence-corrected chi connectivity index (χ1v) is 9.81. The van der Waals surface area contributed by atoms with Crippen molar-refractivity contribution in [2.24, 2.45) is 0 Å². The van der Waals surface area contributed by atoms with Gasteiger partial charge >= 0.3 is 0 Å². The van der Waals surface area contributed by atoms with Crippen molar-refractivity contribution in [3.8, 4) is 11.5 Å². The maximum absolute atomic E-state index is 12.7. The van der Waals surface area contributed by atoms with E-state index < -0.39 is 22.5 Å². The molecule has 27 heavy (non-hydrogen) atoms. The number of amides is 1. The Labute approximate surface area is 167 Å². The van der Waals surface area contributed by atoms with E-state index in [0.29, 0.717) is 17.2 Å². The summed E-state index contributed by atoms with van der Waals surface area (Å²) in [4.78, 5) is 12.1. The standard InChI is InChI=1S/C17H18Cl2N2O5S/c1-21(27(23,24)16-6-11(18)4-5-15(16)19)10-17(22)20-12-7-13(25-2)9-14(8-12)26-3/h4-9H,10H2,1-3H3,(H,20,22). The summed E-state index contributed by atoms with van der Waals surface area (Å²) in [7, 11) is 0.241. The Morgan fingerprint density at radius 1 is 1.07 bits per heavy atom. The van der Waals surface area contributed by atoms with Crippen LogP contribution in [0.3, 0.4) is 0 Å². The molecule has 1 N–H and O–H groups in total. The number of carbonyl (C=O) groups is 1. The van der Waals surface area contributed by atoms with Crippen molar-refractivity contribution >= 4 is 44.8 Å². The predicted molar refractivity (Wildman–Crippen MR) is 104 cm³/mol. The van der Waals surface area contributed by atoms with Gasteiger partial charge in [0.1, 0.15) is 16.4 Å². The number of carbonyl (C=O) groups excluding carboxylic acids is 1. The second kappa shape index (κ2) is 8.79. The molecule has 0 saturated carbocycles. The number of ether oxygens (including phenoxy) is 2. The molecule has 2 aromatic carbocycles. The lowest BCUT2D eigenvalue weighted by atomic mass is 10.2. The summed E-state index contributed by atoms with van der Waals surface area (Å²) < 4.78 is 36.5. The quantitative estimate of drug-likeness (QED) is 0.725. The summed E-state index contributed by atoms with van der Waals surface area (Å²) in [6.45, 7) is -0.426. The molecule has 146 valence electrons. The van der Waals surface area contributed by atoms with Gasteiger partial charge in [-0.2, -0.15) is 4.31 Å². The summed E-state index contributed by atoms with van der Waals surface area (Å²) >= 11 is 11.8. The zero-order valence-corrected chi connectivity index (χ0v) is 17.2. The van der Waals surface area contributed by atoms with Crippen LogP contribution in [0.1, 0.15) is 0 Å². The molecule has 10 heteroatoms. The van der Waals surface area contributed by atoms with E-state index in [4.69, 9.17) is 32.7 Å². The van der Waals surface area contributed by atoms with E-state index in [0.717, 1.165) is 4.31 Å². The van der Waals surface area contributed by atoms with E-state index in [9.17, 15) is 13.2 Å². The largest absolute Gasteiger partial charge is 0.497 e. The third kappa shape index (κ3) is 5.26. The number of anilines is 1. The van der Waals surface area contributed by atoms with Crippen LogP contribution in [0.15, 0.2) is 41.3 Å². The highest BCUT2D eigenvalue weighted by atomic mass is 35.5. The van der Waals surface area contributed by atoms with Crippen molar-refractivity contribution in [2.45, 2.75) is 4.90 Å². The maximum Gasteiger partial charge on any atom is 0.244 e. The SMILES string of the molecule is COc1cc(NC(=O)CN(C)S(=O)(=O)c2cc(Cl)ccc2Cl)cc(OC)c1. The fourth-order valence-electron chi connectivity index (χ4n) is 2.21. The van der Waals surface area contributed by atoms with Crippen molar-refractivity contribution in [3.63, 3.8) is 0 Å². The van der Waals surface area contributed by atoms with Gasteiger partial charge in [-0.15, -0.1) is 0 Å². The lowest BCUT2D eigenvalue weighted by Gasteiger charge is -2.18. The number of likely N-dealkylation sites (N-methyl/N-ethyl adjacent to an activating group) is 1. The van der Waals surface area contributed by atoms with Crippen molar-refractivity contribution in [1.29, 1.82) is 0 Å². The molecule has 0 aliphatic heterocycles. The molecular weight excluding hydrogens is 415 g/mol. The Morgan fingerprint density at radius 2 is 1.67 bits per heavy atom. The van der Waals surface area contributed by atoms with Gasteiger partial charge in [0.25, 0.3) is 0 Å². The van der Waals surface area contributed by atoms with Gasteiger partial charge in [-0.3, -0.25) is 4.79 Å². The fourth-order valence-corrected chi connectivity index (χ4v) is 4.07. The van der Waals surface area contributed by atoms with Gasteiger partial charge in [0.15, 0.2) is 0 Å². The average Bonchev–Trinajstić information content (AvgIpc) is 2.62. The third-order valence-corrected chi connectivity index (χ3v) is 6.10. The van der Waals surface area contributed by atoms with Crippen molar-refractivity contribution in [2.75, 3.05) is 33.1 Å². The minimum absolute atomic E-state index is 0.0178. The number of hydrogen-bond acceptors (Lipinski definition) is 5. The van der Waals surface area contributed by atoms with Gasteiger partial charge in [-0.1, -0.05) is 23.2 Å². The molecule has 0 saturated heterocycles. The normalized spacial score (nSPS) is 11.3. The van der Waals surface area contributed by atoms with Gasteiger partial charge in [0.05, 0.1) is 25.8 Å². The zero-order valence-electron chi connectivity index (χ0n) is 14.8. The highest BCUT2D eigenvalue weighted by molar-refractivity contribution is 7.89. The van der Waals surface area contributed by atoms with E-state index >= 15 is 0 Å². The molecule has 2 aromatic rings. The van der Waals surface area contributed by atoms with Crippen LogP contribution in [0.5, 0.6) is 11.5 Å². The number of sulfonamides is 1. The number of methoxy groups -OCH3 is 2. The second-order valence-corrected chi connectivity index (χ2v) is 8.34. The Hall–Kier alpha value is -2.00. The smallest absolute Gasteiger partial charge is 0.244 e. The highest BCUT2D eigenvalue weighted by Gasteiger charge is 2.26. The zero-order chi connectivity index (χ0) is 20.2. The first-order valence-electron chi connectivity index (χ1n) is 7.61. The van der Waals surface area contributed by atoms with Gasteiger partial charge < -0.3 is 14.8 Å².